The average molecular weight is 422 g/mol. The van der Waals surface area contributed by atoms with E-state index in [1.54, 1.807) is 0 Å². The predicted molar refractivity (Wildman–Crippen MR) is 92.7 cm³/mol. The van der Waals surface area contributed by atoms with Gasteiger partial charge in [-0.05, 0) is 20.8 Å². The molecule has 1 aromatic rings. The van der Waals surface area contributed by atoms with Crippen LogP contribution in [0.3, 0.4) is 0 Å². The minimum absolute atomic E-state index is 0.00972. The highest BCUT2D eigenvalue weighted by molar-refractivity contribution is 7.92. The average Bonchev–Trinajstić information content (AvgIpc) is 3.01. The Labute approximate surface area is 158 Å². The van der Waals surface area contributed by atoms with Gasteiger partial charge in [0, 0.05) is 6.92 Å². The van der Waals surface area contributed by atoms with E-state index in [1.807, 2.05) is 0 Å². The molecule has 0 aliphatic rings. The SMILES string of the molecule is CC(=O)Nc1nnc(S(=O)(=O)N=CC(C)OC(=O)C(C)OC(=O)C(C)O)s1. The van der Waals surface area contributed by atoms with Gasteiger partial charge in [0.2, 0.25) is 11.0 Å². The molecule has 0 aliphatic carbocycles. The van der Waals surface area contributed by atoms with Gasteiger partial charge in [-0.25, -0.2) is 9.59 Å². The van der Waals surface area contributed by atoms with Crippen LogP contribution in [0, 0.1) is 0 Å². The van der Waals surface area contributed by atoms with Crippen LogP contribution >= 0.6 is 11.3 Å². The maximum atomic E-state index is 12.0. The van der Waals surface area contributed by atoms with E-state index in [-0.39, 0.29) is 5.13 Å². The molecule has 0 fully saturated rings. The lowest BCUT2D eigenvalue weighted by Crippen LogP contribution is -2.32. The second-order valence-corrected chi connectivity index (χ2v) is 7.96. The van der Waals surface area contributed by atoms with Crippen LogP contribution in [0.2, 0.25) is 0 Å². The summed E-state index contributed by atoms with van der Waals surface area (Å²) in [5.74, 6) is -2.40. The van der Waals surface area contributed by atoms with Crippen LogP contribution in [0.15, 0.2) is 8.74 Å². The van der Waals surface area contributed by atoms with Gasteiger partial charge < -0.3 is 19.9 Å². The normalized spacial score (nSPS) is 15.0. The number of rotatable bonds is 8. The summed E-state index contributed by atoms with van der Waals surface area (Å²) in [6.45, 7) is 4.96. The molecule has 0 aliphatic heterocycles. The van der Waals surface area contributed by atoms with Gasteiger partial charge in [0.15, 0.2) is 6.10 Å². The van der Waals surface area contributed by atoms with Crippen molar-refractivity contribution in [3.8, 4) is 0 Å². The van der Waals surface area contributed by atoms with Crippen molar-refractivity contribution < 1.29 is 37.4 Å². The van der Waals surface area contributed by atoms with Gasteiger partial charge in [-0.2, -0.15) is 12.8 Å². The Morgan fingerprint density at radius 3 is 2.37 bits per heavy atom. The lowest BCUT2D eigenvalue weighted by Gasteiger charge is -2.15. The summed E-state index contributed by atoms with van der Waals surface area (Å²) in [6, 6.07) is 0. The molecule has 0 saturated heterocycles. The summed E-state index contributed by atoms with van der Waals surface area (Å²) in [7, 11) is -4.20. The third-order valence-electron chi connectivity index (χ3n) is 2.59. The molecule has 1 amide bonds. The van der Waals surface area contributed by atoms with E-state index in [1.165, 1.54) is 27.7 Å². The Morgan fingerprint density at radius 2 is 1.81 bits per heavy atom. The van der Waals surface area contributed by atoms with Crippen LogP contribution in [0.25, 0.3) is 0 Å². The molecule has 3 unspecified atom stereocenters. The molecule has 0 aromatic carbocycles. The molecule has 0 radical (unpaired) electrons. The van der Waals surface area contributed by atoms with Gasteiger partial charge in [0.1, 0.15) is 12.2 Å². The van der Waals surface area contributed by atoms with E-state index in [0.717, 1.165) is 6.21 Å². The molecule has 1 heterocycles. The van der Waals surface area contributed by atoms with E-state index in [0.29, 0.717) is 11.3 Å². The molecule has 12 nitrogen and oxygen atoms in total. The molecular formula is C13H18N4O8S2. The van der Waals surface area contributed by atoms with Gasteiger partial charge in [-0.15, -0.1) is 10.2 Å². The predicted octanol–water partition coefficient (Wildman–Crippen LogP) is -0.500. The Balaban J connectivity index is 2.69. The minimum Gasteiger partial charge on any atom is -0.454 e. The fraction of sp³-hybridized carbons (Fsp3) is 0.538. The highest BCUT2D eigenvalue weighted by Gasteiger charge is 2.24. The van der Waals surface area contributed by atoms with Gasteiger partial charge in [-0.1, -0.05) is 11.3 Å². The monoisotopic (exact) mass is 422 g/mol. The van der Waals surface area contributed by atoms with Gasteiger partial charge >= 0.3 is 22.0 Å². The third-order valence-corrected chi connectivity index (χ3v) is 5.03. The molecular weight excluding hydrogens is 404 g/mol. The number of nitrogens with one attached hydrogen (secondary N) is 1. The van der Waals surface area contributed by atoms with Crippen LogP contribution in [-0.2, 0) is 33.9 Å². The number of carbonyl (C=O) groups excluding carboxylic acids is 3. The van der Waals surface area contributed by atoms with Gasteiger partial charge in [0.25, 0.3) is 4.34 Å². The van der Waals surface area contributed by atoms with Crippen molar-refractivity contribution in [3.63, 3.8) is 0 Å². The van der Waals surface area contributed by atoms with Crippen LogP contribution in [0.4, 0.5) is 5.13 Å². The summed E-state index contributed by atoms with van der Waals surface area (Å²) in [5, 5.41) is 18.2. The van der Waals surface area contributed by atoms with Crippen LogP contribution in [-0.4, -0.2) is 66.1 Å². The zero-order chi connectivity index (χ0) is 20.8. The first-order valence-electron chi connectivity index (χ1n) is 7.43. The van der Waals surface area contributed by atoms with E-state index in [9.17, 15) is 22.8 Å². The van der Waals surface area contributed by atoms with Crippen molar-refractivity contribution in [2.24, 2.45) is 4.40 Å². The number of ether oxygens (including phenoxy) is 2. The summed E-state index contributed by atoms with van der Waals surface area (Å²) in [4.78, 5) is 33.9. The number of anilines is 1. The smallest absolute Gasteiger partial charge is 0.347 e. The van der Waals surface area contributed by atoms with Gasteiger partial charge in [-0.3, -0.25) is 4.79 Å². The Hall–Kier alpha value is -2.45. The number of esters is 2. The topological polar surface area (TPSA) is 174 Å². The zero-order valence-corrected chi connectivity index (χ0v) is 16.4. The fourth-order valence-electron chi connectivity index (χ4n) is 1.36. The summed E-state index contributed by atoms with van der Waals surface area (Å²) < 4.78 is 36.5. The maximum Gasteiger partial charge on any atom is 0.347 e. The van der Waals surface area contributed by atoms with Crippen molar-refractivity contribution in [1.29, 1.82) is 0 Å². The van der Waals surface area contributed by atoms with Crippen LogP contribution in [0.1, 0.15) is 27.7 Å². The van der Waals surface area contributed by atoms with Crippen molar-refractivity contribution in [2.75, 3.05) is 5.32 Å². The highest BCUT2D eigenvalue weighted by Crippen LogP contribution is 2.21. The third kappa shape index (κ3) is 7.36. The first-order valence-corrected chi connectivity index (χ1v) is 9.68. The van der Waals surface area contributed by atoms with E-state index < -0.39 is 50.5 Å². The van der Waals surface area contributed by atoms with E-state index in [4.69, 9.17) is 9.84 Å². The molecule has 0 bridgehead atoms. The Bertz CT molecular complexity index is 833. The molecule has 150 valence electrons. The molecule has 1 aromatic heterocycles. The van der Waals surface area contributed by atoms with Crippen LogP contribution < -0.4 is 5.32 Å². The molecule has 27 heavy (non-hydrogen) atoms. The van der Waals surface area contributed by atoms with Crippen molar-refractivity contribution >= 4 is 50.6 Å². The zero-order valence-electron chi connectivity index (χ0n) is 14.8. The first-order chi connectivity index (χ1) is 12.4. The largest absolute Gasteiger partial charge is 0.454 e. The molecule has 0 spiro atoms. The van der Waals surface area contributed by atoms with E-state index in [2.05, 4.69) is 24.6 Å². The number of aliphatic hydroxyl groups is 1. The number of amides is 1. The second kappa shape index (κ2) is 9.48. The molecule has 2 N–H and O–H groups in total. The quantitative estimate of drug-likeness (QED) is 0.316. The second-order valence-electron chi connectivity index (χ2n) is 5.18. The van der Waals surface area contributed by atoms with Crippen molar-refractivity contribution in [1.82, 2.24) is 10.2 Å². The van der Waals surface area contributed by atoms with Crippen molar-refractivity contribution in [3.05, 3.63) is 0 Å². The number of hydrogen-bond acceptors (Lipinski definition) is 11. The number of aliphatic hydroxyl groups excluding tert-OH is 1. The molecule has 1 rings (SSSR count). The molecule has 0 saturated carbocycles. The standard InChI is InChI=1S/C13H18N4O8S2/c1-6(24-11(21)8(3)25-10(20)7(2)18)5-14-27(22,23)13-17-16-12(26-13)15-9(4)19/h5-8,18H,1-4H3,(H,15,16,19). The number of nitrogens with zero attached hydrogens (tertiary/aromatic N) is 3. The van der Waals surface area contributed by atoms with E-state index >= 15 is 0 Å². The molecule has 3 atom stereocenters. The lowest BCUT2D eigenvalue weighted by molar-refractivity contribution is -0.172. The van der Waals surface area contributed by atoms with Crippen LogP contribution in [0.5, 0.6) is 0 Å². The maximum absolute atomic E-state index is 12.0. The minimum atomic E-state index is -4.20. The number of aromatic nitrogens is 2. The summed E-state index contributed by atoms with van der Waals surface area (Å²) in [6.07, 6.45) is -2.93. The molecule has 14 heteroatoms. The van der Waals surface area contributed by atoms with Crippen molar-refractivity contribution in [2.45, 2.75) is 50.3 Å². The number of hydrogen-bond donors (Lipinski definition) is 2. The Morgan fingerprint density at radius 1 is 1.19 bits per heavy atom. The summed E-state index contributed by atoms with van der Waals surface area (Å²) in [5.41, 5.74) is 0. The van der Waals surface area contributed by atoms with Gasteiger partial charge in [0.05, 0.1) is 6.21 Å². The number of sulfonamides is 1. The lowest BCUT2D eigenvalue weighted by atomic mass is 10.3. The summed E-state index contributed by atoms with van der Waals surface area (Å²) >= 11 is 0.603. The first kappa shape index (κ1) is 22.6. The number of carbonyl (C=O) groups is 3. The Kier molecular flexibility index (Phi) is 7.93. The fourth-order valence-corrected chi connectivity index (χ4v) is 3.23. The highest BCUT2D eigenvalue weighted by atomic mass is 32.2.